The van der Waals surface area contributed by atoms with Gasteiger partial charge in [0.1, 0.15) is 19.0 Å². The maximum absolute atomic E-state index is 12.7. The summed E-state index contributed by atoms with van der Waals surface area (Å²) < 4.78 is 16.5. The van der Waals surface area contributed by atoms with Crippen LogP contribution in [0.4, 0.5) is 11.4 Å². The number of amides is 1. The lowest BCUT2D eigenvalue weighted by molar-refractivity contribution is -0.384. The lowest BCUT2D eigenvalue weighted by atomic mass is 10.0. The Morgan fingerprint density at radius 2 is 2.03 bits per heavy atom. The normalized spacial score (nSPS) is 18.1. The van der Waals surface area contributed by atoms with Gasteiger partial charge in [-0.1, -0.05) is 6.07 Å². The highest BCUT2D eigenvalue weighted by molar-refractivity contribution is 5.94. The molecular weight excluding hydrogens is 390 g/mol. The number of nitrogens with one attached hydrogen (secondary N) is 1. The Morgan fingerprint density at radius 3 is 2.80 bits per heavy atom. The molecule has 9 heteroatoms. The molecule has 0 saturated carbocycles. The third-order valence-corrected chi connectivity index (χ3v) is 5.33. The quantitative estimate of drug-likeness (QED) is 0.573. The van der Waals surface area contributed by atoms with Crippen LogP contribution in [-0.2, 0) is 4.79 Å². The molecule has 1 amide bonds. The van der Waals surface area contributed by atoms with Gasteiger partial charge in [0.05, 0.1) is 24.3 Å². The van der Waals surface area contributed by atoms with Gasteiger partial charge in [0.25, 0.3) is 5.69 Å². The van der Waals surface area contributed by atoms with E-state index in [-0.39, 0.29) is 29.9 Å². The maximum atomic E-state index is 12.7. The third kappa shape index (κ3) is 4.16. The Hall–Kier alpha value is -3.33. The molecule has 2 aliphatic heterocycles. The Kier molecular flexibility index (Phi) is 5.71. The summed E-state index contributed by atoms with van der Waals surface area (Å²) in [6.07, 6.45) is 1.92. The van der Waals surface area contributed by atoms with Crippen molar-refractivity contribution in [1.82, 2.24) is 4.90 Å². The van der Waals surface area contributed by atoms with Crippen LogP contribution in [0, 0.1) is 10.1 Å². The number of ether oxygens (including phenoxy) is 3. The van der Waals surface area contributed by atoms with E-state index in [9.17, 15) is 14.9 Å². The van der Waals surface area contributed by atoms with Crippen molar-refractivity contribution in [2.75, 3.05) is 38.7 Å². The molecule has 2 aliphatic rings. The Morgan fingerprint density at radius 1 is 1.23 bits per heavy atom. The summed E-state index contributed by atoms with van der Waals surface area (Å²) in [4.78, 5) is 25.3. The van der Waals surface area contributed by atoms with Crippen LogP contribution in [0.25, 0.3) is 0 Å². The highest BCUT2D eigenvalue weighted by Crippen LogP contribution is 2.38. The molecule has 4 rings (SSSR count). The minimum atomic E-state index is -0.506. The van der Waals surface area contributed by atoms with Gasteiger partial charge < -0.3 is 19.5 Å². The molecule has 0 bridgehead atoms. The Balaban J connectivity index is 1.47. The lowest BCUT2D eigenvalue weighted by Crippen LogP contribution is -2.33. The van der Waals surface area contributed by atoms with Gasteiger partial charge in [-0.05, 0) is 43.1 Å². The Labute approximate surface area is 173 Å². The fourth-order valence-corrected chi connectivity index (χ4v) is 3.94. The van der Waals surface area contributed by atoms with E-state index < -0.39 is 4.92 Å². The molecule has 2 aromatic carbocycles. The summed E-state index contributed by atoms with van der Waals surface area (Å²) in [5.41, 5.74) is 1.26. The number of carbonyl (C=O) groups excluding carboxylic acids is 1. The summed E-state index contributed by atoms with van der Waals surface area (Å²) in [7, 11) is 1.45. The van der Waals surface area contributed by atoms with E-state index in [1.165, 1.54) is 25.3 Å². The molecule has 30 heavy (non-hydrogen) atoms. The molecule has 0 radical (unpaired) electrons. The largest absolute Gasteiger partial charge is 0.495 e. The zero-order valence-electron chi connectivity index (χ0n) is 16.6. The molecule has 2 heterocycles. The fraction of sp³-hybridized carbons (Fsp3) is 0.381. The molecule has 1 fully saturated rings. The van der Waals surface area contributed by atoms with Crippen LogP contribution in [-0.4, -0.2) is 49.1 Å². The number of nitro groups is 1. The summed E-state index contributed by atoms with van der Waals surface area (Å²) in [6.45, 7) is 2.03. The van der Waals surface area contributed by atoms with Crippen LogP contribution in [0.5, 0.6) is 17.2 Å². The predicted molar refractivity (Wildman–Crippen MR) is 109 cm³/mol. The molecule has 2 aromatic rings. The zero-order valence-corrected chi connectivity index (χ0v) is 16.6. The van der Waals surface area contributed by atoms with Crippen LogP contribution in [0.15, 0.2) is 36.4 Å². The van der Waals surface area contributed by atoms with E-state index in [4.69, 9.17) is 14.2 Å². The average Bonchev–Trinajstić information content (AvgIpc) is 3.21. The number of benzene rings is 2. The highest BCUT2D eigenvalue weighted by atomic mass is 16.6. The number of hydrogen-bond donors (Lipinski definition) is 1. The number of nitrogens with zero attached hydrogens (tertiary/aromatic N) is 2. The first-order valence-electron chi connectivity index (χ1n) is 9.81. The van der Waals surface area contributed by atoms with Crippen molar-refractivity contribution in [2.45, 2.75) is 18.9 Å². The van der Waals surface area contributed by atoms with Crippen molar-refractivity contribution in [3.05, 3.63) is 52.1 Å². The topological polar surface area (TPSA) is 103 Å². The van der Waals surface area contributed by atoms with Crippen molar-refractivity contribution < 1.29 is 23.9 Å². The molecule has 1 saturated heterocycles. The Bertz CT molecular complexity index is 964. The van der Waals surface area contributed by atoms with E-state index in [1.807, 2.05) is 18.2 Å². The van der Waals surface area contributed by atoms with Crippen molar-refractivity contribution in [3.8, 4) is 17.2 Å². The van der Waals surface area contributed by atoms with Crippen LogP contribution in [0.2, 0.25) is 0 Å². The first kappa shape index (κ1) is 20.0. The summed E-state index contributed by atoms with van der Waals surface area (Å²) in [6, 6.07) is 10.1. The molecule has 9 nitrogen and oxygen atoms in total. The number of non-ortho nitro benzene ring substituents is 1. The van der Waals surface area contributed by atoms with E-state index in [0.29, 0.717) is 19.0 Å². The minimum absolute atomic E-state index is 0.0959. The van der Waals surface area contributed by atoms with Crippen molar-refractivity contribution in [2.24, 2.45) is 0 Å². The minimum Gasteiger partial charge on any atom is -0.495 e. The van der Waals surface area contributed by atoms with Gasteiger partial charge in [0.2, 0.25) is 5.91 Å². The number of hydrogen-bond acceptors (Lipinski definition) is 7. The summed E-state index contributed by atoms with van der Waals surface area (Å²) in [5.74, 6) is 1.60. The van der Waals surface area contributed by atoms with E-state index >= 15 is 0 Å². The molecule has 158 valence electrons. The fourth-order valence-electron chi connectivity index (χ4n) is 3.94. The van der Waals surface area contributed by atoms with E-state index in [2.05, 4.69) is 10.2 Å². The smallest absolute Gasteiger partial charge is 0.271 e. The summed E-state index contributed by atoms with van der Waals surface area (Å²) >= 11 is 0. The van der Waals surface area contributed by atoms with Gasteiger partial charge in [-0.2, -0.15) is 0 Å². The van der Waals surface area contributed by atoms with Crippen molar-refractivity contribution in [1.29, 1.82) is 0 Å². The number of fused-ring (bicyclic) bond motifs is 1. The first-order valence-corrected chi connectivity index (χ1v) is 9.81. The monoisotopic (exact) mass is 413 g/mol. The van der Waals surface area contributed by atoms with Crippen LogP contribution >= 0.6 is 0 Å². The zero-order chi connectivity index (χ0) is 21.1. The molecule has 0 spiro atoms. The van der Waals surface area contributed by atoms with E-state index in [1.54, 1.807) is 0 Å². The third-order valence-electron chi connectivity index (χ3n) is 5.33. The second-order valence-electron chi connectivity index (χ2n) is 7.22. The molecule has 1 atom stereocenters. The van der Waals surface area contributed by atoms with Crippen LogP contribution in [0.1, 0.15) is 24.4 Å². The van der Waals surface area contributed by atoms with Gasteiger partial charge >= 0.3 is 0 Å². The molecule has 0 aliphatic carbocycles. The molecule has 0 aromatic heterocycles. The highest BCUT2D eigenvalue weighted by Gasteiger charge is 2.29. The van der Waals surface area contributed by atoms with Gasteiger partial charge in [0, 0.05) is 18.2 Å². The molecule has 0 unspecified atom stereocenters. The number of carbonyl (C=O) groups is 1. The lowest BCUT2D eigenvalue weighted by Gasteiger charge is -2.26. The predicted octanol–water partition coefficient (Wildman–Crippen LogP) is 3.15. The SMILES string of the molecule is COc1ccc([N+](=O)[O-])cc1NC(=O)CN1CCC[C@H]1c1ccc2c(c1)OCCO2. The standard InChI is InChI=1S/C21H23N3O6/c1-28-18-7-5-15(24(26)27)12-16(18)22-21(25)13-23-8-2-3-17(23)14-4-6-19-20(11-14)30-10-9-29-19/h4-7,11-12,17H,2-3,8-10,13H2,1H3,(H,22,25)/t17-/m0/s1. The van der Waals surface area contributed by atoms with Gasteiger partial charge in [-0.3, -0.25) is 19.8 Å². The van der Waals surface area contributed by atoms with Gasteiger partial charge in [0.15, 0.2) is 11.5 Å². The van der Waals surface area contributed by atoms with Gasteiger partial charge in [-0.25, -0.2) is 0 Å². The van der Waals surface area contributed by atoms with Crippen LogP contribution < -0.4 is 19.5 Å². The number of methoxy groups -OCH3 is 1. The number of rotatable bonds is 6. The van der Waals surface area contributed by atoms with Crippen molar-refractivity contribution in [3.63, 3.8) is 0 Å². The number of nitro benzene ring substituents is 1. The molecule has 1 N–H and O–H groups in total. The number of likely N-dealkylation sites (tertiary alicyclic amines) is 1. The average molecular weight is 413 g/mol. The first-order chi connectivity index (χ1) is 14.5. The molecular formula is C21H23N3O6. The summed E-state index contributed by atoms with van der Waals surface area (Å²) in [5, 5.41) is 13.8. The second-order valence-corrected chi connectivity index (χ2v) is 7.22. The van der Waals surface area contributed by atoms with Crippen LogP contribution in [0.3, 0.4) is 0 Å². The van der Waals surface area contributed by atoms with E-state index in [0.717, 1.165) is 36.4 Å². The number of anilines is 1. The second kappa shape index (κ2) is 8.58. The van der Waals surface area contributed by atoms with Crippen molar-refractivity contribution >= 4 is 17.3 Å². The maximum Gasteiger partial charge on any atom is 0.271 e. The van der Waals surface area contributed by atoms with Gasteiger partial charge in [-0.15, -0.1) is 0 Å².